The number of halogens is 1. The van der Waals surface area contributed by atoms with Crippen LogP contribution in [-0.2, 0) is 11.2 Å². The van der Waals surface area contributed by atoms with Crippen LogP contribution in [0.5, 0.6) is 5.75 Å². The molecule has 0 radical (unpaired) electrons. The second kappa shape index (κ2) is 8.80. The highest BCUT2D eigenvalue weighted by molar-refractivity contribution is 6.31. The molecule has 2 aliphatic rings. The summed E-state index contributed by atoms with van der Waals surface area (Å²) in [6, 6.07) is 10.8. The highest BCUT2D eigenvalue weighted by Crippen LogP contribution is 2.36. The Labute approximate surface area is 179 Å². The van der Waals surface area contributed by atoms with Gasteiger partial charge in [-0.1, -0.05) is 29.8 Å². The molecule has 0 amide bonds. The van der Waals surface area contributed by atoms with Crippen molar-refractivity contribution in [3.8, 4) is 5.75 Å². The fraction of sp³-hybridized carbons (Fsp3) is 0.455. The van der Waals surface area contributed by atoms with Crippen molar-refractivity contribution in [2.75, 3.05) is 13.2 Å². The maximum atomic E-state index is 10.4. The summed E-state index contributed by atoms with van der Waals surface area (Å²) in [5.41, 5.74) is 3.04. The van der Waals surface area contributed by atoms with Crippen molar-refractivity contribution in [2.24, 2.45) is 0 Å². The molecule has 0 aliphatic carbocycles. The zero-order chi connectivity index (χ0) is 21.4. The molecule has 0 spiro atoms. The molecule has 6 atom stereocenters. The summed E-state index contributed by atoms with van der Waals surface area (Å²) in [6.07, 6.45) is -5.64. The summed E-state index contributed by atoms with van der Waals surface area (Å²) in [5.74, 6) is 0.679. The first-order valence-corrected chi connectivity index (χ1v) is 10.3. The van der Waals surface area contributed by atoms with Crippen LogP contribution < -0.4 is 4.74 Å². The Morgan fingerprint density at radius 1 is 0.967 bits per heavy atom. The van der Waals surface area contributed by atoms with Gasteiger partial charge >= 0.3 is 0 Å². The number of fused-ring (bicyclic) bond motifs is 1. The molecule has 8 heteroatoms. The molecule has 162 valence electrons. The van der Waals surface area contributed by atoms with E-state index in [0.717, 1.165) is 16.7 Å². The van der Waals surface area contributed by atoms with Crippen molar-refractivity contribution in [3.05, 3.63) is 63.7 Å². The zero-order valence-corrected chi connectivity index (χ0v) is 16.9. The topological polar surface area (TPSA) is 120 Å². The van der Waals surface area contributed by atoms with E-state index < -0.39 is 43.2 Å². The van der Waals surface area contributed by atoms with Gasteiger partial charge in [0.15, 0.2) is 0 Å². The van der Waals surface area contributed by atoms with Crippen LogP contribution in [-0.4, -0.2) is 63.2 Å². The molecule has 0 bridgehead atoms. The minimum atomic E-state index is -1.44. The van der Waals surface area contributed by atoms with E-state index >= 15 is 0 Å². The average molecular weight is 437 g/mol. The van der Waals surface area contributed by atoms with E-state index in [-0.39, 0.29) is 0 Å². The lowest BCUT2D eigenvalue weighted by Gasteiger charge is -2.40. The van der Waals surface area contributed by atoms with Gasteiger partial charge in [-0.05, 0) is 41.3 Å². The molecular weight excluding hydrogens is 412 g/mol. The van der Waals surface area contributed by atoms with E-state index in [0.29, 0.717) is 35.8 Å². The molecule has 2 aromatic rings. The summed E-state index contributed by atoms with van der Waals surface area (Å²) >= 11 is 6.39. The smallest absolute Gasteiger partial charge is 0.125 e. The van der Waals surface area contributed by atoms with Gasteiger partial charge in [0.05, 0.1) is 19.3 Å². The van der Waals surface area contributed by atoms with Crippen LogP contribution in [0.3, 0.4) is 0 Å². The number of hydrogen-bond acceptors (Lipinski definition) is 7. The standard InChI is InChI=1S/C22H25ClO7/c23-15-3-2-12(22-21(28)20(27)19(26)18(10-24)30-22)9-13(15)7-11-1-4-17-14(8-11)16(25)5-6-29-17/h1-4,8-9,16,18-22,24-28H,5-7,10H2/t16?,18-,19-,20+,21?,22?/m1/s1. The number of hydrogen-bond donors (Lipinski definition) is 5. The van der Waals surface area contributed by atoms with Crippen molar-refractivity contribution in [1.29, 1.82) is 0 Å². The zero-order valence-electron chi connectivity index (χ0n) is 16.2. The molecule has 4 rings (SSSR count). The van der Waals surface area contributed by atoms with Gasteiger partial charge in [0.25, 0.3) is 0 Å². The number of aliphatic hydroxyl groups excluding tert-OH is 5. The van der Waals surface area contributed by atoms with Crippen LogP contribution in [0.2, 0.25) is 5.02 Å². The minimum absolute atomic E-state index is 0.476. The normalized spacial score (nSPS) is 31.1. The summed E-state index contributed by atoms with van der Waals surface area (Å²) in [5, 5.41) is 50.6. The summed E-state index contributed by atoms with van der Waals surface area (Å²) in [6.45, 7) is 0.00189. The number of ether oxygens (including phenoxy) is 2. The molecule has 2 heterocycles. The largest absolute Gasteiger partial charge is 0.493 e. The third-order valence-electron chi connectivity index (χ3n) is 5.77. The molecule has 30 heavy (non-hydrogen) atoms. The summed E-state index contributed by atoms with van der Waals surface area (Å²) < 4.78 is 11.2. The highest BCUT2D eigenvalue weighted by atomic mass is 35.5. The number of aliphatic hydroxyl groups is 5. The monoisotopic (exact) mass is 436 g/mol. The number of rotatable bonds is 4. The molecular formula is C22H25ClO7. The fourth-order valence-corrected chi connectivity index (χ4v) is 4.22. The average Bonchev–Trinajstić information content (AvgIpc) is 2.75. The molecule has 2 aromatic carbocycles. The Morgan fingerprint density at radius 3 is 2.53 bits per heavy atom. The van der Waals surface area contributed by atoms with Crippen LogP contribution in [0.15, 0.2) is 36.4 Å². The molecule has 1 saturated heterocycles. The van der Waals surface area contributed by atoms with Gasteiger partial charge in [-0.2, -0.15) is 0 Å². The number of benzene rings is 2. The van der Waals surface area contributed by atoms with Crippen molar-refractivity contribution < 1.29 is 35.0 Å². The first-order valence-electron chi connectivity index (χ1n) is 9.91. The maximum absolute atomic E-state index is 10.4. The van der Waals surface area contributed by atoms with E-state index in [2.05, 4.69) is 0 Å². The second-order valence-electron chi connectivity index (χ2n) is 7.80. The molecule has 0 aromatic heterocycles. The predicted molar refractivity (Wildman–Crippen MR) is 108 cm³/mol. The van der Waals surface area contributed by atoms with Gasteiger partial charge < -0.3 is 35.0 Å². The lowest BCUT2D eigenvalue weighted by molar-refractivity contribution is -0.231. The van der Waals surface area contributed by atoms with Gasteiger partial charge in [0.1, 0.15) is 36.3 Å². The lowest BCUT2D eigenvalue weighted by atomic mass is 9.90. The van der Waals surface area contributed by atoms with Crippen LogP contribution in [0.1, 0.15) is 40.9 Å². The van der Waals surface area contributed by atoms with E-state index in [9.17, 15) is 25.5 Å². The summed E-state index contributed by atoms with van der Waals surface area (Å²) in [4.78, 5) is 0. The molecule has 1 fully saturated rings. The molecule has 2 aliphatic heterocycles. The van der Waals surface area contributed by atoms with Crippen LogP contribution in [0, 0.1) is 0 Å². The van der Waals surface area contributed by atoms with E-state index in [4.69, 9.17) is 21.1 Å². The third-order valence-corrected chi connectivity index (χ3v) is 6.14. The molecule has 0 saturated carbocycles. The molecule has 5 N–H and O–H groups in total. The van der Waals surface area contributed by atoms with E-state index in [1.54, 1.807) is 18.2 Å². The Bertz CT molecular complexity index is 903. The van der Waals surface area contributed by atoms with Crippen molar-refractivity contribution in [1.82, 2.24) is 0 Å². The Kier molecular flexibility index (Phi) is 6.31. The van der Waals surface area contributed by atoms with Crippen LogP contribution in [0.25, 0.3) is 0 Å². The maximum Gasteiger partial charge on any atom is 0.125 e. The van der Waals surface area contributed by atoms with Gasteiger partial charge in [0, 0.05) is 17.0 Å². The van der Waals surface area contributed by atoms with Crippen LogP contribution >= 0.6 is 11.6 Å². The van der Waals surface area contributed by atoms with Crippen molar-refractivity contribution in [2.45, 2.75) is 49.5 Å². The third kappa shape index (κ3) is 4.07. The SMILES string of the molecule is OC[C@H]1OC(c2ccc(Cl)c(Cc3ccc4c(c3)C(O)CCO4)c2)C(O)[C@@H](O)[C@@H]1O. The Hall–Kier alpha value is -1.71. The second-order valence-corrected chi connectivity index (χ2v) is 8.21. The van der Waals surface area contributed by atoms with E-state index in [1.807, 2.05) is 18.2 Å². The van der Waals surface area contributed by atoms with Gasteiger partial charge in [-0.3, -0.25) is 0 Å². The highest BCUT2D eigenvalue weighted by Gasteiger charge is 2.44. The summed E-state index contributed by atoms with van der Waals surface area (Å²) in [7, 11) is 0. The Balaban J connectivity index is 1.60. The van der Waals surface area contributed by atoms with Crippen molar-refractivity contribution in [3.63, 3.8) is 0 Å². The first-order chi connectivity index (χ1) is 14.4. The quantitative estimate of drug-likeness (QED) is 0.489. The van der Waals surface area contributed by atoms with Gasteiger partial charge in [-0.25, -0.2) is 0 Å². The molecule has 7 nitrogen and oxygen atoms in total. The fourth-order valence-electron chi connectivity index (χ4n) is 4.04. The van der Waals surface area contributed by atoms with Crippen LogP contribution in [0.4, 0.5) is 0 Å². The first kappa shape index (κ1) is 21.5. The Morgan fingerprint density at radius 2 is 1.77 bits per heavy atom. The minimum Gasteiger partial charge on any atom is -0.493 e. The van der Waals surface area contributed by atoms with Crippen molar-refractivity contribution >= 4 is 11.6 Å². The lowest BCUT2D eigenvalue weighted by Crippen LogP contribution is -2.55. The van der Waals surface area contributed by atoms with Gasteiger partial charge in [0.2, 0.25) is 0 Å². The predicted octanol–water partition coefficient (Wildman–Crippen LogP) is 1.26. The van der Waals surface area contributed by atoms with E-state index in [1.165, 1.54) is 0 Å². The van der Waals surface area contributed by atoms with Gasteiger partial charge in [-0.15, -0.1) is 0 Å². The molecule has 3 unspecified atom stereocenters.